The lowest BCUT2D eigenvalue weighted by molar-refractivity contribution is -0.669. The van der Waals surface area contributed by atoms with E-state index in [9.17, 15) is 0 Å². The highest BCUT2D eigenvalue weighted by Gasteiger charge is 2.26. The molecule has 1 aliphatic rings. The minimum absolute atomic E-state index is 1.08. The minimum Gasteiger partial charge on any atom is -0.335 e. The molecule has 0 fully saturated rings. The van der Waals surface area contributed by atoms with E-state index in [1.54, 1.807) is 0 Å². The molecule has 0 amide bonds. The van der Waals surface area contributed by atoms with Crippen LogP contribution >= 0.6 is 23.1 Å². The molecule has 0 N–H and O–H groups in total. The average Bonchev–Trinajstić information content (AvgIpc) is 3.71. The van der Waals surface area contributed by atoms with Gasteiger partial charge in [0.25, 0.3) is 5.01 Å². The summed E-state index contributed by atoms with van der Waals surface area (Å²) >= 11 is 3.85. The largest absolute Gasteiger partial charge is 0.335 e. The predicted octanol–water partition coefficient (Wildman–Crippen LogP) is 14.6. The number of aromatic nitrogens is 1. The maximum atomic E-state index is 2.56. The molecule has 0 bridgehead atoms. The van der Waals surface area contributed by atoms with Crippen molar-refractivity contribution in [3.8, 4) is 0 Å². The van der Waals surface area contributed by atoms with Crippen molar-refractivity contribution < 1.29 is 4.57 Å². The Labute approximate surface area is 315 Å². The molecule has 266 valence electrons. The van der Waals surface area contributed by atoms with Crippen molar-refractivity contribution in [3.63, 3.8) is 0 Å². The second kappa shape index (κ2) is 19.9. The number of nitrogens with zero attached hydrogens (tertiary/aromatic N) is 2. The molecule has 6 rings (SSSR count). The molecule has 4 aromatic carbocycles. The minimum atomic E-state index is 1.08. The van der Waals surface area contributed by atoms with E-state index in [0.29, 0.717) is 0 Å². The van der Waals surface area contributed by atoms with Gasteiger partial charge in [0, 0.05) is 35.4 Å². The zero-order valence-electron chi connectivity index (χ0n) is 31.0. The quantitative estimate of drug-likeness (QED) is 0.0450. The van der Waals surface area contributed by atoms with E-state index in [4.69, 9.17) is 0 Å². The summed E-state index contributed by atoms with van der Waals surface area (Å²) in [6.07, 6.45) is 34.2. The number of fused-ring (bicyclic) bond motifs is 6. The number of hydrogen-bond acceptors (Lipinski definition) is 3. The third-order valence-electron chi connectivity index (χ3n) is 10.1. The van der Waals surface area contributed by atoms with Gasteiger partial charge < -0.3 is 4.90 Å². The van der Waals surface area contributed by atoms with E-state index < -0.39 is 0 Å². The number of anilines is 1. The first-order chi connectivity index (χ1) is 25.3. The first kappa shape index (κ1) is 37.2. The molecular formula is C47H57N2S2+. The smallest absolute Gasteiger partial charge is 0.262 e. The van der Waals surface area contributed by atoms with Gasteiger partial charge in [-0.3, -0.25) is 0 Å². The lowest BCUT2D eigenvalue weighted by Crippen LogP contribution is -2.35. The molecule has 0 spiro atoms. The molecule has 1 aromatic heterocycles. The van der Waals surface area contributed by atoms with Gasteiger partial charge in [-0.1, -0.05) is 193 Å². The van der Waals surface area contributed by atoms with Crippen molar-refractivity contribution in [1.82, 2.24) is 0 Å². The highest BCUT2D eigenvalue weighted by Crippen LogP contribution is 2.49. The number of rotatable bonds is 20. The lowest BCUT2D eigenvalue weighted by Gasteiger charge is -2.20. The highest BCUT2D eigenvalue weighted by atomic mass is 32.2. The number of thioether (sulfide) groups is 1. The number of hydrogen-bond donors (Lipinski definition) is 0. The van der Waals surface area contributed by atoms with E-state index in [-0.39, 0.29) is 0 Å². The van der Waals surface area contributed by atoms with Crippen molar-refractivity contribution in [2.75, 3.05) is 11.4 Å². The molecule has 4 heteroatoms. The van der Waals surface area contributed by atoms with Gasteiger partial charge in [0.15, 0.2) is 6.54 Å². The van der Waals surface area contributed by atoms with Crippen LogP contribution in [-0.2, 0) is 6.54 Å². The summed E-state index contributed by atoms with van der Waals surface area (Å²) in [5.41, 5.74) is 2.73. The van der Waals surface area contributed by atoms with E-state index in [2.05, 4.69) is 139 Å². The molecule has 51 heavy (non-hydrogen) atoms. The summed E-state index contributed by atoms with van der Waals surface area (Å²) in [6, 6.07) is 26.9. The SMILES string of the molecule is CCCCCCCCCN1/C(=C/C=C/C=C/C=C/c2sc3c4ccccc4ccc3[n+]2CCCCCCCCC)Sc2c1ccc1ccccc21. The second-order valence-corrected chi connectivity index (χ2v) is 16.1. The maximum absolute atomic E-state index is 2.56. The third-order valence-corrected chi connectivity index (χ3v) is 12.5. The summed E-state index contributed by atoms with van der Waals surface area (Å²) in [5.74, 6) is 0. The lowest BCUT2D eigenvalue weighted by atomic mass is 10.1. The van der Waals surface area contributed by atoms with Crippen molar-refractivity contribution in [3.05, 3.63) is 119 Å². The molecular weight excluding hydrogens is 657 g/mol. The number of thiazole rings is 1. The van der Waals surface area contributed by atoms with Crippen molar-refractivity contribution in [1.29, 1.82) is 0 Å². The average molecular weight is 714 g/mol. The third kappa shape index (κ3) is 9.84. The zero-order chi connectivity index (χ0) is 35.1. The van der Waals surface area contributed by atoms with Crippen LogP contribution in [0.4, 0.5) is 5.69 Å². The van der Waals surface area contributed by atoms with Crippen molar-refractivity contribution in [2.45, 2.75) is 115 Å². The number of benzene rings is 4. The number of unbranched alkanes of at least 4 members (excludes halogenated alkanes) is 12. The fourth-order valence-electron chi connectivity index (χ4n) is 7.29. The Kier molecular flexibility index (Phi) is 14.5. The van der Waals surface area contributed by atoms with Gasteiger partial charge in [0.2, 0.25) is 5.52 Å². The topological polar surface area (TPSA) is 7.12 Å². The molecule has 5 aromatic rings. The fraction of sp³-hybridized carbons (Fsp3) is 0.383. The standard InChI is InChI=1S/C47H57N2S2/c1-3-5-7-9-11-16-24-36-48-42-34-32-38-26-20-22-28-40(38)46(42)50-44(48)30-18-14-13-15-19-31-45-49(37-25-17-12-10-8-6-4-2)43-35-33-39-27-21-23-29-41(39)47(43)51-45/h13-15,18-23,26-35H,3-12,16-17,24-25,36-37H2,1-2H3/q+1. The van der Waals surface area contributed by atoms with Gasteiger partial charge in [-0.2, -0.15) is 4.57 Å². The Morgan fingerprint density at radius 1 is 0.588 bits per heavy atom. The van der Waals surface area contributed by atoms with Crippen LogP contribution in [0.5, 0.6) is 0 Å². The summed E-state index contributed by atoms with van der Waals surface area (Å²) in [7, 11) is 0. The van der Waals surface area contributed by atoms with Crippen LogP contribution in [0, 0.1) is 0 Å². The van der Waals surface area contributed by atoms with Gasteiger partial charge >= 0.3 is 0 Å². The molecule has 2 nitrogen and oxygen atoms in total. The number of allylic oxidation sites excluding steroid dienone is 6. The van der Waals surface area contributed by atoms with Crippen LogP contribution in [0.3, 0.4) is 0 Å². The van der Waals surface area contributed by atoms with Gasteiger partial charge in [-0.15, -0.1) is 0 Å². The van der Waals surface area contributed by atoms with E-state index in [1.165, 1.54) is 142 Å². The second-order valence-electron chi connectivity index (χ2n) is 14.0. The molecule has 0 radical (unpaired) electrons. The monoisotopic (exact) mass is 713 g/mol. The molecule has 0 saturated heterocycles. The molecule has 0 aliphatic carbocycles. The van der Waals surface area contributed by atoms with Crippen molar-refractivity contribution >= 4 is 66.6 Å². The van der Waals surface area contributed by atoms with Gasteiger partial charge in [-0.05, 0) is 47.2 Å². The van der Waals surface area contributed by atoms with E-state index >= 15 is 0 Å². The van der Waals surface area contributed by atoms with Gasteiger partial charge in [-0.25, -0.2) is 0 Å². The highest BCUT2D eigenvalue weighted by molar-refractivity contribution is 8.04. The fourth-order valence-corrected chi connectivity index (χ4v) is 9.76. The van der Waals surface area contributed by atoms with Crippen LogP contribution in [-0.4, -0.2) is 6.54 Å². The van der Waals surface area contributed by atoms with Crippen LogP contribution in [0.25, 0.3) is 37.8 Å². The predicted molar refractivity (Wildman–Crippen MR) is 228 cm³/mol. The first-order valence-corrected chi connectivity index (χ1v) is 21.4. The summed E-state index contributed by atoms with van der Waals surface area (Å²) in [6.45, 7) is 6.74. The van der Waals surface area contributed by atoms with Crippen LogP contribution in [0.1, 0.15) is 109 Å². The summed E-state index contributed by atoms with van der Waals surface area (Å²) in [5, 5.41) is 8.03. The van der Waals surface area contributed by atoms with Crippen LogP contribution in [0.2, 0.25) is 0 Å². The molecule has 2 heterocycles. The Hall–Kier alpha value is -3.60. The Bertz CT molecular complexity index is 1980. The molecule has 0 unspecified atom stereocenters. The normalized spacial score (nSPS) is 14.2. The zero-order valence-corrected chi connectivity index (χ0v) is 32.6. The number of aryl methyl sites for hydroxylation is 1. The van der Waals surface area contributed by atoms with Gasteiger partial charge in [0.1, 0.15) is 4.70 Å². The maximum Gasteiger partial charge on any atom is 0.262 e. The molecule has 1 aliphatic heterocycles. The Morgan fingerprint density at radius 2 is 1.20 bits per heavy atom. The first-order valence-electron chi connectivity index (χ1n) is 19.8. The molecule has 0 atom stereocenters. The summed E-state index contributed by atoms with van der Waals surface area (Å²) < 4.78 is 3.96. The van der Waals surface area contributed by atoms with Crippen LogP contribution < -0.4 is 9.47 Å². The van der Waals surface area contributed by atoms with Gasteiger partial charge in [0.05, 0.1) is 10.7 Å². The van der Waals surface area contributed by atoms with E-state index in [1.807, 2.05) is 23.1 Å². The van der Waals surface area contributed by atoms with Crippen LogP contribution in [0.15, 0.2) is 119 Å². The summed E-state index contributed by atoms with van der Waals surface area (Å²) in [4.78, 5) is 3.96. The van der Waals surface area contributed by atoms with E-state index in [0.717, 1.165) is 13.1 Å². The Morgan fingerprint density at radius 3 is 1.96 bits per heavy atom. The molecule has 0 saturated carbocycles. The van der Waals surface area contributed by atoms with Crippen molar-refractivity contribution in [2.24, 2.45) is 0 Å². The Balaban J connectivity index is 1.13.